The quantitative estimate of drug-likeness (QED) is 0.800. The third-order valence-corrected chi connectivity index (χ3v) is 4.66. The van der Waals surface area contributed by atoms with Crippen molar-refractivity contribution in [1.82, 2.24) is 10.2 Å². The summed E-state index contributed by atoms with van der Waals surface area (Å²) in [6.45, 7) is 6.85. The van der Waals surface area contributed by atoms with Crippen LogP contribution in [0.25, 0.3) is 0 Å². The van der Waals surface area contributed by atoms with E-state index >= 15 is 0 Å². The van der Waals surface area contributed by atoms with E-state index in [-0.39, 0.29) is 0 Å². The van der Waals surface area contributed by atoms with Gasteiger partial charge in [-0.15, -0.1) is 11.8 Å². The number of nitrogens with zero attached hydrogens (tertiary/aromatic N) is 1. The molecule has 0 aromatic heterocycles. The molecule has 1 N–H and O–H groups in total. The number of aryl methyl sites for hydroxylation is 1. The number of benzene rings is 1. The van der Waals surface area contributed by atoms with Crippen molar-refractivity contribution in [1.29, 1.82) is 0 Å². The Morgan fingerprint density at radius 3 is 2.94 bits per heavy atom. The summed E-state index contributed by atoms with van der Waals surface area (Å²) in [6, 6.07) is 7.57. The number of piperazine rings is 1. The van der Waals surface area contributed by atoms with Crippen LogP contribution < -0.4 is 5.32 Å². The zero-order valence-corrected chi connectivity index (χ0v) is 10.5. The highest BCUT2D eigenvalue weighted by Crippen LogP contribution is 2.41. The van der Waals surface area contributed by atoms with Gasteiger partial charge in [-0.05, 0) is 24.1 Å². The Hall–Kier alpha value is -0.510. The first kappa shape index (κ1) is 10.6. The number of rotatable bonds is 1. The van der Waals surface area contributed by atoms with Crippen LogP contribution in [0.5, 0.6) is 0 Å². The van der Waals surface area contributed by atoms with Gasteiger partial charge in [0, 0.05) is 42.9 Å². The average Bonchev–Trinajstić information content (AvgIpc) is 2.73. The van der Waals surface area contributed by atoms with Crippen molar-refractivity contribution in [3.8, 4) is 0 Å². The molecule has 2 aliphatic rings. The Morgan fingerprint density at radius 1 is 1.31 bits per heavy atom. The van der Waals surface area contributed by atoms with Crippen LogP contribution in [-0.4, -0.2) is 36.8 Å². The standard InChI is InChI=1S/C13H18N2S/c1-10-2-3-11-12(9-16-13(11)8-10)15-6-4-14-5-7-15/h2-3,8,12,14H,4-7,9H2,1H3. The third kappa shape index (κ3) is 1.88. The monoisotopic (exact) mass is 234 g/mol. The van der Waals surface area contributed by atoms with Crippen molar-refractivity contribution in [2.24, 2.45) is 0 Å². The van der Waals surface area contributed by atoms with Crippen LogP contribution in [0.1, 0.15) is 17.2 Å². The molecule has 2 heterocycles. The number of fused-ring (bicyclic) bond motifs is 1. The molecule has 1 fully saturated rings. The van der Waals surface area contributed by atoms with E-state index in [1.807, 2.05) is 11.8 Å². The summed E-state index contributed by atoms with van der Waals surface area (Å²) in [5, 5.41) is 3.42. The van der Waals surface area contributed by atoms with Crippen molar-refractivity contribution in [2.75, 3.05) is 31.9 Å². The number of hydrogen-bond acceptors (Lipinski definition) is 3. The zero-order chi connectivity index (χ0) is 11.0. The van der Waals surface area contributed by atoms with E-state index in [1.165, 1.54) is 29.3 Å². The molecule has 3 rings (SSSR count). The summed E-state index contributed by atoms with van der Waals surface area (Å²) in [5.41, 5.74) is 2.93. The Labute approximate surface area is 101 Å². The molecule has 0 spiro atoms. The van der Waals surface area contributed by atoms with Gasteiger partial charge in [0.05, 0.1) is 0 Å². The molecule has 1 aromatic rings. The van der Waals surface area contributed by atoms with Crippen LogP contribution in [0, 0.1) is 6.92 Å². The first-order valence-corrected chi connectivity index (χ1v) is 7.01. The van der Waals surface area contributed by atoms with E-state index in [0.717, 1.165) is 13.1 Å². The molecular formula is C13H18N2S. The molecule has 2 aliphatic heterocycles. The van der Waals surface area contributed by atoms with Gasteiger partial charge >= 0.3 is 0 Å². The van der Waals surface area contributed by atoms with E-state index in [1.54, 1.807) is 5.56 Å². The number of hydrogen-bond donors (Lipinski definition) is 1. The van der Waals surface area contributed by atoms with E-state index < -0.39 is 0 Å². The van der Waals surface area contributed by atoms with Gasteiger partial charge in [-0.3, -0.25) is 4.90 Å². The SMILES string of the molecule is Cc1ccc2c(c1)SCC2N1CCNCC1. The first-order chi connectivity index (χ1) is 7.84. The van der Waals surface area contributed by atoms with Crippen LogP contribution in [-0.2, 0) is 0 Å². The molecule has 0 bridgehead atoms. The van der Waals surface area contributed by atoms with Gasteiger partial charge in [-0.1, -0.05) is 12.1 Å². The van der Waals surface area contributed by atoms with Gasteiger partial charge in [-0.2, -0.15) is 0 Å². The smallest absolute Gasteiger partial charge is 0.0454 e. The van der Waals surface area contributed by atoms with Gasteiger partial charge < -0.3 is 5.32 Å². The van der Waals surface area contributed by atoms with Crippen LogP contribution in [0.4, 0.5) is 0 Å². The third-order valence-electron chi connectivity index (χ3n) is 3.52. The lowest BCUT2D eigenvalue weighted by molar-refractivity contribution is 0.189. The van der Waals surface area contributed by atoms with Gasteiger partial charge in [0.25, 0.3) is 0 Å². The van der Waals surface area contributed by atoms with Crippen LogP contribution in [0.3, 0.4) is 0 Å². The second-order valence-corrected chi connectivity index (χ2v) is 5.72. The highest BCUT2D eigenvalue weighted by Gasteiger charge is 2.28. The van der Waals surface area contributed by atoms with Crippen molar-refractivity contribution in [3.63, 3.8) is 0 Å². The molecule has 0 amide bonds. The Morgan fingerprint density at radius 2 is 2.12 bits per heavy atom. The predicted octanol–water partition coefficient (Wildman–Crippen LogP) is 2.05. The molecular weight excluding hydrogens is 216 g/mol. The maximum absolute atomic E-state index is 3.42. The van der Waals surface area contributed by atoms with E-state index in [4.69, 9.17) is 0 Å². The zero-order valence-electron chi connectivity index (χ0n) is 9.70. The molecule has 1 aromatic carbocycles. The normalized spacial score (nSPS) is 25.7. The summed E-state index contributed by atoms with van der Waals surface area (Å²) >= 11 is 2.02. The van der Waals surface area contributed by atoms with E-state index in [2.05, 4.69) is 35.3 Å². The van der Waals surface area contributed by atoms with Crippen molar-refractivity contribution >= 4 is 11.8 Å². The number of nitrogens with one attached hydrogen (secondary N) is 1. The summed E-state index contributed by atoms with van der Waals surface area (Å²) in [4.78, 5) is 4.13. The Bertz CT molecular complexity index is 386. The Kier molecular flexibility index (Phi) is 2.92. The molecule has 0 aliphatic carbocycles. The largest absolute Gasteiger partial charge is 0.314 e. The molecule has 1 unspecified atom stereocenters. The lowest BCUT2D eigenvalue weighted by Gasteiger charge is -2.32. The fourth-order valence-corrected chi connectivity index (χ4v) is 3.96. The maximum atomic E-state index is 3.42. The second kappa shape index (κ2) is 4.40. The van der Waals surface area contributed by atoms with Gasteiger partial charge in [0.2, 0.25) is 0 Å². The molecule has 86 valence electrons. The molecule has 2 nitrogen and oxygen atoms in total. The fraction of sp³-hybridized carbons (Fsp3) is 0.538. The lowest BCUT2D eigenvalue weighted by Crippen LogP contribution is -2.45. The minimum absolute atomic E-state index is 0.655. The second-order valence-electron chi connectivity index (χ2n) is 4.65. The minimum Gasteiger partial charge on any atom is -0.314 e. The Balaban J connectivity index is 1.84. The molecule has 0 saturated carbocycles. The van der Waals surface area contributed by atoms with E-state index in [9.17, 15) is 0 Å². The van der Waals surface area contributed by atoms with Crippen LogP contribution in [0.2, 0.25) is 0 Å². The van der Waals surface area contributed by atoms with Crippen LogP contribution >= 0.6 is 11.8 Å². The average molecular weight is 234 g/mol. The summed E-state index contributed by atoms with van der Waals surface area (Å²) in [6.07, 6.45) is 0. The molecule has 0 radical (unpaired) electrons. The van der Waals surface area contributed by atoms with Crippen LogP contribution in [0.15, 0.2) is 23.1 Å². The van der Waals surface area contributed by atoms with Crippen molar-refractivity contribution in [2.45, 2.75) is 17.9 Å². The fourth-order valence-electron chi connectivity index (χ4n) is 2.60. The van der Waals surface area contributed by atoms with E-state index in [0.29, 0.717) is 6.04 Å². The predicted molar refractivity (Wildman–Crippen MR) is 69.1 cm³/mol. The summed E-state index contributed by atoms with van der Waals surface area (Å²) in [7, 11) is 0. The minimum atomic E-state index is 0.655. The van der Waals surface area contributed by atoms with Gasteiger partial charge in [0.15, 0.2) is 0 Å². The van der Waals surface area contributed by atoms with Crippen molar-refractivity contribution in [3.05, 3.63) is 29.3 Å². The molecule has 16 heavy (non-hydrogen) atoms. The maximum Gasteiger partial charge on any atom is 0.0454 e. The van der Waals surface area contributed by atoms with Crippen molar-refractivity contribution < 1.29 is 0 Å². The molecule has 3 heteroatoms. The summed E-state index contributed by atoms with van der Waals surface area (Å²) < 4.78 is 0. The van der Waals surface area contributed by atoms with Gasteiger partial charge in [0.1, 0.15) is 0 Å². The molecule has 1 atom stereocenters. The number of thioether (sulfide) groups is 1. The lowest BCUT2D eigenvalue weighted by atomic mass is 10.0. The topological polar surface area (TPSA) is 15.3 Å². The molecule has 1 saturated heterocycles. The first-order valence-electron chi connectivity index (χ1n) is 6.03. The summed E-state index contributed by atoms with van der Waals surface area (Å²) in [5.74, 6) is 1.23. The highest BCUT2D eigenvalue weighted by atomic mass is 32.2. The highest BCUT2D eigenvalue weighted by molar-refractivity contribution is 7.99. The van der Waals surface area contributed by atoms with Gasteiger partial charge in [-0.25, -0.2) is 0 Å².